The van der Waals surface area contributed by atoms with Gasteiger partial charge in [0.05, 0.1) is 10.2 Å². The van der Waals surface area contributed by atoms with Gasteiger partial charge >= 0.3 is 0 Å². The molecule has 0 aliphatic carbocycles. The lowest BCUT2D eigenvalue weighted by Crippen LogP contribution is -2.08. The zero-order chi connectivity index (χ0) is 14.0. The number of hydrogen-bond donors (Lipinski definition) is 1. The zero-order valence-corrected chi connectivity index (χ0v) is 13.0. The quantitative estimate of drug-likeness (QED) is 0.937. The Bertz CT molecular complexity index is 576. The highest BCUT2D eigenvalue weighted by molar-refractivity contribution is 9.10. The third-order valence-electron chi connectivity index (χ3n) is 2.83. The van der Waals surface area contributed by atoms with Crippen LogP contribution in [0.25, 0.3) is 11.5 Å². The molecule has 19 heavy (non-hydrogen) atoms. The van der Waals surface area contributed by atoms with Crippen LogP contribution in [0.3, 0.4) is 0 Å². The molecule has 0 spiro atoms. The Balaban J connectivity index is 2.53. The van der Waals surface area contributed by atoms with Crippen LogP contribution in [-0.2, 0) is 6.54 Å². The molecule has 0 saturated heterocycles. The van der Waals surface area contributed by atoms with Crippen LogP contribution in [0.1, 0.15) is 38.8 Å². The average Bonchev–Trinajstić information content (AvgIpc) is 2.81. The van der Waals surface area contributed by atoms with Gasteiger partial charge in [0.1, 0.15) is 11.5 Å². The number of nitrogens with two attached hydrogens (primary N) is 1. The van der Waals surface area contributed by atoms with Crippen LogP contribution >= 0.6 is 15.9 Å². The molecule has 0 bridgehead atoms. The Hall–Kier alpha value is -1.43. The Morgan fingerprint density at radius 2 is 2.11 bits per heavy atom. The van der Waals surface area contributed by atoms with Gasteiger partial charge in [0.25, 0.3) is 0 Å². The molecule has 2 rings (SSSR count). The van der Waals surface area contributed by atoms with Crippen molar-refractivity contribution in [3.8, 4) is 11.5 Å². The van der Waals surface area contributed by atoms with Crippen molar-refractivity contribution >= 4 is 21.7 Å². The molecule has 6 heteroatoms. The summed E-state index contributed by atoms with van der Waals surface area (Å²) >= 11 is 3.46. The lowest BCUT2D eigenvalue weighted by atomic mass is 10.1. The van der Waals surface area contributed by atoms with Crippen LogP contribution in [0.5, 0.6) is 0 Å². The monoisotopic (exact) mass is 323 g/mol. The fraction of sp³-hybridized carbons (Fsp3) is 0.462. The maximum absolute atomic E-state index is 5.96. The number of aromatic nitrogens is 4. The third kappa shape index (κ3) is 2.78. The molecular weight excluding hydrogens is 306 g/mol. The fourth-order valence-electron chi connectivity index (χ4n) is 1.89. The summed E-state index contributed by atoms with van der Waals surface area (Å²) in [6, 6.07) is 1.92. The van der Waals surface area contributed by atoms with E-state index in [1.807, 2.05) is 10.7 Å². The van der Waals surface area contributed by atoms with Gasteiger partial charge in [-0.15, -0.1) is 0 Å². The Morgan fingerprint density at radius 1 is 1.37 bits per heavy atom. The largest absolute Gasteiger partial charge is 0.383 e. The topological polar surface area (TPSA) is 69.6 Å². The maximum Gasteiger partial charge on any atom is 0.180 e. The van der Waals surface area contributed by atoms with Gasteiger partial charge in [-0.2, -0.15) is 5.10 Å². The van der Waals surface area contributed by atoms with E-state index in [-0.39, 0.29) is 5.92 Å². The van der Waals surface area contributed by atoms with Gasteiger partial charge in [-0.05, 0) is 34.3 Å². The number of halogens is 1. The first kappa shape index (κ1) is 14.0. The van der Waals surface area contributed by atoms with Crippen molar-refractivity contribution in [2.24, 2.45) is 0 Å². The van der Waals surface area contributed by atoms with Crippen molar-refractivity contribution in [2.75, 3.05) is 5.73 Å². The van der Waals surface area contributed by atoms with E-state index in [4.69, 9.17) is 5.73 Å². The van der Waals surface area contributed by atoms with Crippen molar-refractivity contribution < 1.29 is 0 Å². The molecule has 0 saturated carbocycles. The van der Waals surface area contributed by atoms with E-state index in [0.29, 0.717) is 11.6 Å². The lowest BCUT2D eigenvalue weighted by molar-refractivity contribution is 0.606. The summed E-state index contributed by atoms with van der Waals surface area (Å²) in [6.07, 6.45) is 2.78. The van der Waals surface area contributed by atoms with Gasteiger partial charge in [-0.25, -0.2) is 9.97 Å². The minimum absolute atomic E-state index is 0.279. The molecule has 0 unspecified atom stereocenters. The predicted molar refractivity (Wildman–Crippen MR) is 79.7 cm³/mol. The van der Waals surface area contributed by atoms with E-state index in [2.05, 4.69) is 51.8 Å². The van der Waals surface area contributed by atoms with Gasteiger partial charge < -0.3 is 5.73 Å². The number of aryl methyl sites for hydroxylation is 1. The molecule has 0 radical (unpaired) electrons. The zero-order valence-electron chi connectivity index (χ0n) is 11.4. The van der Waals surface area contributed by atoms with Crippen LogP contribution in [0.2, 0.25) is 0 Å². The van der Waals surface area contributed by atoms with Crippen molar-refractivity contribution in [2.45, 2.75) is 39.7 Å². The summed E-state index contributed by atoms with van der Waals surface area (Å²) in [7, 11) is 0. The molecule has 2 aromatic heterocycles. The number of nitrogen functional groups attached to an aromatic ring is 1. The fourth-order valence-corrected chi connectivity index (χ4v) is 2.53. The van der Waals surface area contributed by atoms with Crippen LogP contribution < -0.4 is 5.73 Å². The maximum atomic E-state index is 5.96. The lowest BCUT2D eigenvalue weighted by Gasteiger charge is -2.12. The van der Waals surface area contributed by atoms with Crippen LogP contribution in [0, 0.1) is 0 Å². The molecule has 2 N–H and O–H groups in total. The summed E-state index contributed by atoms with van der Waals surface area (Å²) < 4.78 is 2.69. The van der Waals surface area contributed by atoms with Gasteiger partial charge in [-0.3, -0.25) is 4.68 Å². The highest BCUT2D eigenvalue weighted by Crippen LogP contribution is 2.29. The van der Waals surface area contributed by atoms with E-state index < -0.39 is 0 Å². The van der Waals surface area contributed by atoms with E-state index in [1.54, 1.807) is 6.20 Å². The van der Waals surface area contributed by atoms with Crippen molar-refractivity contribution in [3.63, 3.8) is 0 Å². The van der Waals surface area contributed by atoms with Crippen LogP contribution in [0.15, 0.2) is 16.7 Å². The molecule has 0 aliphatic heterocycles. The first-order valence-corrected chi connectivity index (χ1v) is 7.19. The van der Waals surface area contributed by atoms with Gasteiger partial charge in [0.15, 0.2) is 5.82 Å². The number of rotatable bonds is 4. The van der Waals surface area contributed by atoms with Crippen molar-refractivity contribution in [1.82, 2.24) is 19.7 Å². The van der Waals surface area contributed by atoms with E-state index >= 15 is 0 Å². The summed E-state index contributed by atoms with van der Waals surface area (Å²) in [5, 5.41) is 4.29. The van der Waals surface area contributed by atoms with Crippen LogP contribution in [-0.4, -0.2) is 19.7 Å². The summed E-state index contributed by atoms with van der Waals surface area (Å²) in [5.74, 6) is 1.38. The molecule has 0 amide bonds. The molecule has 0 fully saturated rings. The van der Waals surface area contributed by atoms with Gasteiger partial charge in [0, 0.05) is 12.7 Å². The molecule has 0 atom stereocenters. The van der Waals surface area contributed by atoms with Crippen molar-refractivity contribution in [3.05, 3.63) is 22.4 Å². The SMILES string of the molecule is CCCn1nccc1-c1nc(N)c(Br)c(C(C)C)n1. The Morgan fingerprint density at radius 3 is 2.74 bits per heavy atom. The Labute approximate surface area is 121 Å². The second-order valence-electron chi connectivity index (χ2n) is 4.73. The molecule has 2 heterocycles. The predicted octanol–water partition coefficient (Wildman–Crippen LogP) is 3.22. The van der Waals surface area contributed by atoms with Crippen LogP contribution in [0.4, 0.5) is 5.82 Å². The highest BCUT2D eigenvalue weighted by atomic mass is 79.9. The Kier molecular flexibility index (Phi) is 4.19. The number of hydrogen-bond acceptors (Lipinski definition) is 4. The highest BCUT2D eigenvalue weighted by Gasteiger charge is 2.16. The molecule has 2 aromatic rings. The minimum atomic E-state index is 0.279. The molecular formula is C13H18BrN5. The van der Waals surface area contributed by atoms with Gasteiger partial charge in [0.2, 0.25) is 0 Å². The summed E-state index contributed by atoms with van der Waals surface area (Å²) in [6.45, 7) is 7.12. The smallest absolute Gasteiger partial charge is 0.180 e. The molecule has 102 valence electrons. The molecule has 5 nitrogen and oxygen atoms in total. The molecule has 0 aliphatic rings. The standard InChI is InChI=1S/C13H18BrN5/c1-4-7-19-9(5-6-16-19)13-17-11(8(2)3)10(14)12(15)18-13/h5-6,8H,4,7H2,1-3H3,(H2,15,17,18). The number of anilines is 1. The normalized spacial score (nSPS) is 11.2. The third-order valence-corrected chi connectivity index (χ3v) is 3.64. The first-order valence-electron chi connectivity index (χ1n) is 6.39. The first-order chi connectivity index (χ1) is 9.04. The minimum Gasteiger partial charge on any atom is -0.383 e. The second kappa shape index (κ2) is 5.69. The second-order valence-corrected chi connectivity index (χ2v) is 5.52. The van der Waals surface area contributed by atoms with Crippen molar-refractivity contribution in [1.29, 1.82) is 0 Å². The number of nitrogens with zero attached hydrogens (tertiary/aromatic N) is 4. The van der Waals surface area contributed by atoms with E-state index in [1.165, 1.54) is 0 Å². The van der Waals surface area contributed by atoms with E-state index in [9.17, 15) is 0 Å². The average molecular weight is 324 g/mol. The summed E-state index contributed by atoms with van der Waals surface area (Å²) in [5.41, 5.74) is 7.79. The summed E-state index contributed by atoms with van der Waals surface area (Å²) in [4.78, 5) is 8.98. The van der Waals surface area contributed by atoms with Gasteiger partial charge in [-0.1, -0.05) is 20.8 Å². The van der Waals surface area contributed by atoms with E-state index in [0.717, 1.165) is 28.8 Å². The molecule has 0 aromatic carbocycles.